The molecule has 0 aliphatic rings. The Hall–Kier alpha value is -5.78. The summed E-state index contributed by atoms with van der Waals surface area (Å²) in [5.41, 5.74) is 6.12. The van der Waals surface area contributed by atoms with E-state index >= 15 is 0 Å². The first-order chi connectivity index (χ1) is 22.3. The molecule has 0 N–H and O–H groups in total. The summed E-state index contributed by atoms with van der Waals surface area (Å²) in [4.78, 5) is 19.9. The SMILES string of the molecule is c1ccc(-c2nc(-c3ccccc3)nc(-c3cc(-c4ccc5ncc6ccccc6c5c4)cc4c3sc3ccccc34)n2)cc1. The smallest absolute Gasteiger partial charge is 0.165 e. The quantitative estimate of drug-likeness (QED) is 0.191. The van der Waals surface area contributed by atoms with Gasteiger partial charge < -0.3 is 0 Å². The molecule has 0 fully saturated rings. The van der Waals surface area contributed by atoms with Gasteiger partial charge in [0.25, 0.3) is 0 Å². The molecule has 9 aromatic rings. The van der Waals surface area contributed by atoms with Gasteiger partial charge in [-0.3, -0.25) is 4.98 Å². The molecule has 0 atom stereocenters. The molecule has 0 radical (unpaired) electrons. The predicted octanol–water partition coefficient (Wildman–Crippen LogP) is 10.6. The zero-order valence-corrected chi connectivity index (χ0v) is 24.9. The van der Waals surface area contributed by atoms with Gasteiger partial charge in [0.1, 0.15) is 0 Å². The predicted molar refractivity (Wildman–Crippen MR) is 187 cm³/mol. The van der Waals surface area contributed by atoms with Crippen LogP contribution in [-0.2, 0) is 0 Å². The van der Waals surface area contributed by atoms with E-state index in [-0.39, 0.29) is 0 Å². The van der Waals surface area contributed by atoms with Crippen LogP contribution < -0.4 is 0 Å². The number of thiophene rings is 1. The molecule has 5 heteroatoms. The van der Waals surface area contributed by atoms with Gasteiger partial charge in [0.15, 0.2) is 17.5 Å². The molecule has 0 amide bonds. The van der Waals surface area contributed by atoms with Gasteiger partial charge >= 0.3 is 0 Å². The number of hydrogen-bond donors (Lipinski definition) is 0. The lowest BCUT2D eigenvalue weighted by Gasteiger charge is -2.12. The summed E-state index contributed by atoms with van der Waals surface area (Å²) in [5, 5.41) is 5.90. The normalized spacial score (nSPS) is 11.6. The maximum absolute atomic E-state index is 5.12. The summed E-state index contributed by atoms with van der Waals surface area (Å²) in [6.07, 6.45) is 1.95. The molecule has 6 aromatic carbocycles. The first-order valence-corrected chi connectivity index (χ1v) is 15.7. The van der Waals surface area contributed by atoms with E-state index in [2.05, 4.69) is 78.9 Å². The van der Waals surface area contributed by atoms with Gasteiger partial charge in [-0.25, -0.2) is 15.0 Å². The summed E-state index contributed by atoms with van der Waals surface area (Å²) in [6.45, 7) is 0. The molecule has 3 aromatic heterocycles. The average molecular weight is 593 g/mol. The number of rotatable bonds is 4. The van der Waals surface area contributed by atoms with Crippen molar-refractivity contribution in [3.05, 3.63) is 146 Å². The summed E-state index contributed by atoms with van der Waals surface area (Å²) in [6, 6.07) is 48.4. The number of hydrogen-bond acceptors (Lipinski definition) is 5. The lowest BCUT2D eigenvalue weighted by Crippen LogP contribution is -2.00. The molecule has 3 heterocycles. The fourth-order valence-corrected chi connectivity index (χ4v) is 7.32. The van der Waals surface area contributed by atoms with Crippen LogP contribution in [0.2, 0.25) is 0 Å². The first kappa shape index (κ1) is 25.7. The molecule has 0 spiro atoms. The van der Waals surface area contributed by atoms with Crippen molar-refractivity contribution < 1.29 is 0 Å². The van der Waals surface area contributed by atoms with Crippen molar-refractivity contribution in [2.45, 2.75) is 0 Å². The standard InChI is InChI=1S/C40H24N4S/c1-3-11-25(12-4-1)38-42-39(26-13-5-2-6-14-26)44-40(43-38)34-23-29(22-33-31-17-9-10-18-36(31)45-37(33)34)27-19-20-35-32(21-27)30-16-8-7-15-28(30)24-41-35/h1-24H. The fourth-order valence-electron chi connectivity index (χ4n) is 6.13. The second kappa shape index (κ2) is 10.4. The summed E-state index contributed by atoms with van der Waals surface area (Å²) >= 11 is 1.78. The number of nitrogens with zero attached hydrogens (tertiary/aromatic N) is 4. The summed E-state index contributed by atoms with van der Waals surface area (Å²) in [7, 11) is 0. The van der Waals surface area contributed by atoms with Gasteiger partial charge in [0, 0.05) is 53.8 Å². The van der Waals surface area contributed by atoms with Gasteiger partial charge in [-0.1, -0.05) is 109 Å². The number of aromatic nitrogens is 4. The maximum atomic E-state index is 5.12. The molecule has 0 aliphatic carbocycles. The van der Waals surface area contributed by atoms with Crippen LogP contribution in [0, 0.1) is 0 Å². The highest BCUT2D eigenvalue weighted by Crippen LogP contribution is 2.43. The van der Waals surface area contributed by atoms with E-state index in [1.807, 2.05) is 66.9 Å². The topological polar surface area (TPSA) is 51.6 Å². The minimum absolute atomic E-state index is 0.655. The number of benzene rings is 6. The van der Waals surface area contributed by atoms with Crippen LogP contribution in [0.4, 0.5) is 0 Å². The number of fused-ring (bicyclic) bond motifs is 6. The van der Waals surface area contributed by atoms with E-state index < -0.39 is 0 Å². The van der Waals surface area contributed by atoms with Gasteiger partial charge in [0.05, 0.1) is 5.52 Å². The van der Waals surface area contributed by atoms with Crippen LogP contribution in [0.1, 0.15) is 0 Å². The van der Waals surface area contributed by atoms with Gasteiger partial charge in [-0.05, 0) is 46.8 Å². The monoisotopic (exact) mass is 592 g/mol. The van der Waals surface area contributed by atoms with Gasteiger partial charge in [0.2, 0.25) is 0 Å². The van der Waals surface area contributed by atoms with Crippen LogP contribution in [0.15, 0.2) is 146 Å². The van der Waals surface area contributed by atoms with Crippen LogP contribution in [0.25, 0.3) is 87.1 Å². The zero-order valence-electron chi connectivity index (χ0n) is 24.1. The highest BCUT2D eigenvalue weighted by atomic mass is 32.1. The van der Waals surface area contributed by atoms with E-state index in [0.29, 0.717) is 17.5 Å². The minimum Gasteiger partial charge on any atom is -0.256 e. The second-order valence-corrected chi connectivity index (χ2v) is 12.2. The zero-order chi connectivity index (χ0) is 29.7. The lowest BCUT2D eigenvalue weighted by molar-refractivity contribution is 1.08. The lowest BCUT2D eigenvalue weighted by atomic mass is 9.96. The molecular weight excluding hydrogens is 569 g/mol. The molecule has 0 saturated heterocycles. The van der Waals surface area contributed by atoms with E-state index in [1.54, 1.807) is 11.3 Å². The number of pyridine rings is 1. The van der Waals surface area contributed by atoms with Crippen molar-refractivity contribution in [3.8, 4) is 45.3 Å². The largest absolute Gasteiger partial charge is 0.256 e. The minimum atomic E-state index is 0.655. The Labute approximate surface area is 263 Å². The van der Waals surface area contributed by atoms with Crippen molar-refractivity contribution in [2.24, 2.45) is 0 Å². The Morgan fingerprint density at radius 1 is 0.422 bits per heavy atom. The molecule has 0 unspecified atom stereocenters. The highest BCUT2D eigenvalue weighted by Gasteiger charge is 2.19. The highest BCUT2D eigenvalue weighted by molar-refractivity contribution is 7.26. The van der Waals surface area contributed by atoms with Crippen molar-refractivity contribution in [1.82, 2.24) is 19.9 Å². The van der Waals surface area contributed by atoms with Crippen molar-refractivity contribution in [2.75, 3.05) is 0 Å². The molecule has 210 valence electrons. The van der Waals surface area contributed by atoms with Crippen molar-refractivity contribution in [3.63, 3.8) is 0 Å². The maximum Gasteiger partial charge on any atom is 0.165 e. The first-order valence-electron chi connectivity index (χ1n) is 14.9. The van der Waals surface area contributed by atoms with Crippen LogP contribution >= 0.6 is 11.3 Å². The molecule has 4 nitrogen and oxygen atoms in total. The average Bonchev–Trinajstić information content (AvgIpc) is 3.50. The van der Waals surface area contributed by atoms with Crippen molar-refractivity contribution in [1.29, 1.82) is 0 Å². The van der Waals surface area contributed by atoms with E-state index in [0.717, 1.165) is 48.8 Å². The third-order valence-electron chi connectivity index (χ3n) is 8.34. The fraction of sp³-hybridized carbons (Fsp3) is 0. The van der Waals surface area contributed by atoms with E-state index in [9.17, 15) is 0 Å². The third kappa shape index (κ3) is 4.44. The van der Waals surface area contributed by atoms with E-state index in [1.165, 1.54) is 20.9 Å². The molecule has 0 aliphatic heterocycles. The van der Waals surface area contributed by atoms with Crippen LogP contribution in [0.5, 0.6) is 0 Å². The molecular formula is C40H24N4S. The van der Waals surface area contributed by atoms with Gasteiger partial charge in [-0.2, -0.15) is 0 Å². The Bertz CT molecular complexity index is 2480. The molecule has 0 bridgehead atoms. The van der Waals surface area contributed by atoms with Crippen LogP contribution in [-0.4, -0.2) is 19.9 Å². The van der Waals surface area contributed by atoms with Gasteiger partial charge in [-0.15, -0.1) is 11.3 Å². The summed E-state index contributed by atoms with van der Waals surface area (Å²) in [5.74, 6) is 1.97. The van der Waals surface area contributed by atoms with E-state index in [4.69, 9.17) is 19.9 Å². The second-order valence-electron chi connectivity index (χ2n) is 11.1. The van der Waals surface area contributed by atoms with Crippen LogP contribution in [0.3, 0.4) is 0 Å². The Morgan fingerprint density at radius 2 is 1.04 bits per heavy atom. The third-order valence-corrected chi connectivity index (χ3v) is 9.56. The summed E-state index contributed by atoms with van der Waals surface area (Å²) < 4.78 is 2.40. The Balaban J connectivity index is 1.34. The molecule has 9 rings (SSSR count). The molecule has 45 heavy (non-hydrogen) atoms. The Morgan fingerprint density at radius 3 is 1.80 bits per heavy atom. The molecule has 0 saturated carbocycles. The van der Waals surface area contributed by atoms with Crippen molar-refractivity contribution >= 4 is 53.2 Å². The Kier molecular flexibility index (Phi) is 5.96.